The molecule has 0 amide bonds. The van der Waals surface area contributed by atoms with E-state index in [9.17, 15) is 8.78 Å². The standard InChI is InChI=1S/C13H15F2NO2/c1-17-4-3-16-10(8-18-2)5-9-6-11(14)12(15)7-13(9)16/h5-7H,3-4,8H2,1-2H3. The number of hydrogen-bond donors (Lipinski definition) is 0. The Morgan fingerprint density at radius 2 is 1.78 bits per heavy atom. The maximum absolute atomic E-state index is 13.3. The quantitative estimate of drug-likeness (QED) is 0.820. The molecule has 0 saturated carbocycles. The Hall–Kier alpha value is -1.46. The third-order valence-electron chi connectivity index (χ3n) is 2.84. The fourth-order valence-corrected chi connectivity index (χ4v) is 2.03. The highest BCUT2D eigenvalue weighted by Gasteiger charge is 2.12. The van der Waals surface area contributed by atoms with E-state index in [0.29, 0.717) is 30.7 Å². The molecule has 1 aromatic carbocycles. The van der Waals surface area contributed by atoms with Crippen LogP contribution < -0.4 is 0 Å². The smallest absolute Gasteiger partial charge is 0.160 e. The van der Waals surface area contributed by atoms with Gasteiger partial charge in [-0.1, -0.05) is 0 Å². The molecule has 0 aliphatic carbocycles. The number of nitrogens with zero attached hydrogens (tertiary/aromatic N) is 1. The average molecular weight is 255 g/mol. The largest absolute Gasteiger partial charge is 0.383 e. The number of ether oxygens (including phenoxy) is 2. The van der Waals surface area contributed by atoms with Gasteiger partial charge in [-0.25, -0.2) is 8.78 Å². The van der Waals surface area contributed by atoms with Crippen molar-refractivity contribution in [3.63, 3.8) is 0 Å². The SMILES string of the molecule is COCCn1c(COC)cc2cc(F)c(F)cc21. The van der Waals surface area contributed by atoms with Crippen molar-refractivity contribution in [1.82, 2.24) is 4.57 Å². The van der Waals surface area contributed by atoms with Crippen LogP contribution in [0.3, 0.4) is 0 Å². The van der Waals surface area contributed by atoms with E-state index < -0.39 is 11.6 Å². The summed E-state index contributed by atoms with van der Waals surface area (Å²) in [5.41, 5.74) is 1.52. The second-order valence-corrected chi connectivity index (χ2v) is 4.04. The van der Waals surface area contributed by atoms with Gasteiger partial charge in [-0.05, 0) is 12.1 Å². The Bertz CT molecular complexity index is 551. The van der Waals surface area contributed by atoms with Crippen LogP contribution in [0.2, 0.25) is 0 Å². The molecule has 3 nitrogen and oxygen atoms in total. The monoisotopic (exact) mass is 255 g/mol. The fraction of sp³-hybridized carbons (Fsp3) is 0.385. The number of rotatable bonds is 5. The minimum Gasteiger partial charge on any atom is -0.383 e. The molecule has 0 aliphatic heterocycles. The minimum atomic E-state index is -0.844. The molecule has 98 valence electrons. The third-order valence-corrected chi connectivity index (χ3v) is 2.84. The predicted molar refractivity (Wildman–Crippen MR) is 64.4 cm³/mol. The zero-order chi connectivity index (χ0) is 13.1. The highest BCUT2D eigenvalue weighted by atomic mass is 19.2. The molecule has 0 saturated heterocycles. The second kappa shape index (κ2) is 5.46. The topological polar surface area (TPSA) is 23.4 Å². The van der Waals surface area contributed by atoms with Crippen molar-refractivity contribution in [3.05, 3.63) is 35.5 Å². The maximum Gasteiger partial charge on any atom is 0.160 e. The van der Waals surface area contributed by atoms with Gasteiger partial charge in [-0.2, -0.15) is 0 Å². The first-order valence-electron chi connectivity index (χ1n) is 5.62. The van der Waals surface area contributed by atoms with E-state index in [-0.39, 0.29) is 0 Å². The van der Waals surface area contributed by atoms with Gasteiger partial charge in [-0.3, -0.25) is 0 Å². The van der Waals surface area contributed by atoms with E-state index in [1.165, 1.54) is 12.1 Å². The Balaban J connectivity index is 2.53. The predicted octanol–water partition coefficient (Wildman–Crippen LogP) is 2.71. The molecule has 2 aromatic rings. The van der Waals surface area contributed by atoms with Gasteiger partial charge in [0.15, 0.2) is 11.6 Å². The average Bonchev–Trinajstić information content (AvgIpc) is 2.65. The number of aromatic nitrogens is 1. The van der Waals surface area contributed by atoms with Gasteiger partial charge < -0.3 is 14.0 Å². The zero-order valence-electron chi connectivity index (χ0n) is 10.4. The summed E-state index contributed by atoms with van der Waals surface area (Å²) in [4.78, 5) is 0. The van der Waals surface area contributed by atoms with Gasteiger partial charge in [0.1, 0.15) is 0 Å². The molecule has 0 unspecified atom stereocenters. The van der Waals surface area contributed by atoms with Gasteiger partial charge in [0.25, 0.3) is 0 Å². The van der Waals surface area contributed by atoms with Crippen LogP contribution in [0.15, 0.2) is 18.2 Å². The van der Waals surface area contributed by atoms with Crippen molar-refractivity contribution in [2.45, 2.75) is 13.2 Å². The van der Waals surface area contributed by atoms with Gasteiger partial charge >= 0.3 is 0 Å². The van der Waals surface area contributed by atoms with Crippen LogP contribution in [-0.4, -0.2) is 25.4 Å². The Morgan fingerprint density at radius 3 is 2.44 bits per heavy atom. The first-order chi connectivity index (χ1) is 8.67. The summed E-state index contributed by atoms with van der Waals surface area (Å²) in [6, 6.07) is 4.21. The van der Waals surface area contributed by atoms with Gasteiger partial charge in [0.2, 0.25) is 0 Å². The van der Waals surface area contributed by atoms with Crippen LogP contribution in [0.25, 0.3) is 10.9 Å². The van der Waals surface area contributed by atoms with Crippen LogP contribution in [0.1, 0.15) is 5.69 Å². The van der Waals surface area contributed by atoms with Crippen molar-refractivity contribution in [1.29, 1.82) is 0 Å². The zero-order valence-corrected chi connectivity index (χ0v) is 10.4. The normalized spacial score (nSPS) is 11.3. The second-order valence-electron chi connectivity index (χ2n) is 4.04. The molecule has 0 bridgehead atoms. The van der Waals surface area contributed by atoms with Crippen molar-refractivity contribution >= 4 is 10.9 Å². The summed E-state index contributed by atoms with van der Waals surface area (Å²) in [7, 11) is 3.18. The van der Waals surface area contributed by atoms with E-state index in [1.54, 1.807) is 20.3 Å². The molecule has 18 heavy (non-hydrogen) atoms. The molecule has 1 aromatic heterocycles. The summed E-state index contributed by atoms with van der Waals surface area (Å²) in [6.45, 7) is 1.46. The van der Waals surface area contributed by atoms with E-state index >= 15 is 0 Å². The van der Waals surface area contributed by atoms with Crippen molar-refractivity contribution in [3.8, 4) is 0 Å². The lowest BCUT2D eigenvalue weighted by Gasteiger charge is -2.09. The van der Waals surface area contributed by atoms with E-state index in [2.05, 4.69) is 0 Å². The van der Waals surface area contributed by atoms with Crippen molar-refractivity contribution in [2.75, 3.05) is 20.8 Å². The highest BCUT2D eigenvalue weighted by Crippen LogP contribution is 2.23. The van der Waals surface area contributed by atoms with Crippen LogP contribution in [0, 0.1) is 11.6 Å². The minimum absolute atomic E-state index is 0.391. The van der Waals surface area contributed by atoms with Gasteiger partial charge in [0.05, 0.1) is 18.7 Å². The molecule has 2 rings (SSSR count). The lowest BCUT2D eigenvalue weighted by atomic mass is 10.2. The summed E-state index contributed by atoms with van der Waals surface area (Å²) >= 11 is 0. The molecule has 0 spiro atoms. The Kier molecular flexibility index (Phi) is 3.93. The molecule has 1 heterocycles. The first-order valence-corrected chi connectivity index (χ1v) is 5.62. The Labute approximate surface area is 104 Å². The highest BCUT2D eigenvalue weighted by molar-refractivity contribution is 5.81. The van der Waals surface area contributed by atoms with Crippen molar-refractivity contribution < 1.29 is 18.3 Å². The van der Waals surface area contributed by atoms with Crippen LogP contribution >= 0.6 is 0 Å². The fourth-order valence-electron chi connectivity index (χ4n) is 2.03. The van der Waals surface area contributed by atoms with E-state index in [1.807, 2.05) is 4.57 Å². The molecule has 0 fully saturated rings. The Morgan fingerprint density at radius 1 is 1.06 bits per heavy atom. The third kappa shape index (κ3) is 2.37. The van der Waals surface area contributed by atoms with Crippen LogP contribution in [0.4, 0.5) is 8.78 Å². The number of benzene rings is 1. The van der Waals surface area contributed by atoms with E-state index in [4.69, 9.17) is 9.47 Å². The molecular weight excluding hydrogens is 240 g/mol. The maximum atomic E-state index is 13.3. The first kappa shape index (κ1) is 13.0. The van der Waals surface area contributed by atoms with Crippen LogP contribution in [-0.2, 0) is 22.6 Å². The van der Waals surface area contributed by atoms with Crippen LogP contribution in [0.5, 0.6) is 0 Å². The molecule has 0 aliphatic rings. The van der Waals surface area contributed by atoms with Gasteiger partial charge in [0, 0.05) is 37.9 Å². The lowest BCUT2D eigenvalue weighted by molar-refractivity contribution is 0.167. The summed E-state index contributed by atoms with van der Waals surface area (Å²) in [5, 5.41) is 0.664. The molecule has 0 atom stereocenters. The molecule has 0 N–H and O–H groups in total. The van der Waals surface area contributed by atoms with E-state index in [0.717, 1.165) is 5.69 Å². The molecular formula is C13H15F2NO2. The summed E-state index contributed by atoms with van der Waals surface area (Å²) in [5.74, 6) is -1.68. The summed E-state index contributed by atoms with van der Waals surface area (Å²) in [6.07, 6.45) is 0. The van der Waals surface area contributed by atoms with Gasteiger partial charge in [-0.15, -0.1) is 0 Å². The number of methoxy groups -OCH3 is 2. The number of halogens is 2. The molecule has 0 radical (unpaired) electrons. The lowest BCUT2D eigenvalue weighted by Crippen LogP contribution is -2.08. The van der Waals surface area contributed by atoms with Crippen molar-refractivity contribution in [2.24, 2.45) is 0 Å². The number of fused-ring (bicyclic) bond motifs is 1. The molecule has 5 heteroatoms. The number of hydrogen-bond acceptors (Lipinski definition) is 2. The summed E-state index contributed by atoms with van der Waals surface area (Å²) < 4.78 is 38.5.